The van der Waals surface area contributed by atoms with Gasteiger partial charge in [0, 0.05) is 6.07 Å². The summed E-state index contributed by atoms with van der Waals surface area (Å²) in [5, 5.41) is 15.7. The van der Waals surface area contributed by atoms with E-state index < -0.39 is 4.92 Å². The minimum atomic E-state index is -0.493. The molecule has 29 heavy (non-hydrogen) atoms. The van der Waals surface area contributed by atoms with E-state index in [0.29, 0.717) is 13.2 Å². The quantitative estimate of drug-likeness (QED) is 0.370. The molecule has 0 amide bonds. The highest BCUT2D eigenvalue weighted by molar-refractivity contribution is 5.76. The zero-order chi connectivity index (χ0) is 20.4. The predicted octanol–water partition coefficient (Wildman–Crippen LogP) is 2.88. The van der Waals surface area contributed by atoms with Gasteiger partial charge in [0.1, 0.15) is 29.8 Å². The van der Waals surface area contributed by atoms with Gasteiger partial charge in [-0.15, -0.1) is 0 Å². The molecule has 0 unspecified atom stereocenters. The Morgan fingerprint density at radius 2 is 2.00 bits per heavy atom. The largest absolute Gasteiger partial charge is 0.492 e. The molecule has 2 heterocycles. The minimum Gasteiger partial charge on any atom is -0.492 e. The summed E-state index contributed by atoms with van der Waals surface area (Å²) in [7, 11) is 0. The van der Waals surface area contributed by atoms with E-state index in [2.05, 4.69) is 10.1 Å². The number of nitro benzene ring substituents is 1. The number of nitrogens with zero attached hydrogens (tertiary/aromatic N) is 5. The number of benzene rings is 2. The van der Waals surface area contributed by atoms with Crippen LogP contribution in [0.25, 0.3) is 16.7 Å². The van der Waals surface area contributed by atoms with Gasteiger partial charge in [0.2, 0.25) is 0 Å². The molecule has 9 heteroatoms. The molecule has 0 bridgehead atoms. The molecule has 0 saturated carbocycles. The maximum absolute atomic E-state index is 12.8. The van der Waals surface area contributed by atoms with Gasteiger partial charge in [0.05, 0.1) is 17.7 Å². The number of hydrogen-bond acceptors (Lipinski definition) is 6. The molecule has 2 aromatic heterocycles. The smallest absolute Gasteiger partial charge is 0.294 e. The molecule has 0 saturated heterocycles. The monoisotopic (exact) mass is 391 g/mol. The van der Waals surface area contributed by atoms with Gasteiger partial charge < -0.3 is 4.74 Å². The van der Waals surface area contributed by atoms with E-state index in [-0.39, 0.29) is 28.0 Å². The van der Waals surface area contributed by atoms with E-state index in [1.807, 2.05) is 31.2 Å². The fourth-order valence-corrected chi connectivity index (χ4v) is 3.05. The Morgan fingerprint density at radius 1 is 1.17 bits per heavy atom. The summed E-state index contributed by atoms with van der Waals surface area (Å²) in [6.07, 6.45) is 2.77. The molecule has 4 rings (SSSR count). The highest BCUT2D eigenvalue weighted by Crippen LogP contribution is 2.23. The molecule has 146 valence electrons. The highest BCUT2D eigenvalue weighted by Gasteiger charge is 2.19. The SMILES string of the molecule is Cc1cccc(OCCn2cnc3c(cnn3-c3ccccc3[N+](=O)[O-])c2=O)c1. The zero-order valence-electron chi connectivity index (χ0n) is 15.6. The van der Waals surface area contributed by atoms with Crippen LogP contribution in [0.5, 0.6) is 5.75 Å². The lowest BCUT2D eigenvalue weighted by molar-refractivity contribution is -0.384. The first-order valence-corrected chi connectivity index (χ1v) is 8.91. The number of hydrogen-bond donors (Lipinski definition) is 0. The van der Waals surface area contributed by atoms with Gasteiger partial charge in [-0.1, -0.05) is 24.3 Å². The molecule has 9 nitrogen and oxygen atoms in total. The summed E-state index contributed by atoms with van der Waals surface area (Å²) in [5.41, 5.74) is 1.20. The van der Waals surface area contributed by atoms with Crippen LogP contribution >= 0.6 is 0 Å². The number of fused-ring (bicyclic) bond motifs is 1. The van der Waals surface area contributed by atoms with Gasteiger partial charge in [-0.05, 0) is 30.7 Å². The van der Waals surface area contributed by atoms with Gasteiger partial charge in [-0.3, -0.25) is 19.5 Å². The van der Waals surface area contributed by atoms with Crippen molar-refractivity contribution in [1.82, 2.24) is 19.3 Å². The molecule has 0 atom stereocenters. The van der Waals surface area contributed by atoms with Crippen molar-refractivity contribution in [1.29, 1.82) is 0 Å². The molecule has 0 radical (unpaired) electrons. The molecule has 0 N–H and O–H groups in total. The van der Waals surface area contributed by atoms with Crippen LogP contribution < -0.4 is 10.3 Å². The van der Waals surface area contributed by atoms with E-state index in [4.69, 9.17) is 4.74 Å². The van der Waals surface area contributed by atoms with Crippen molar-refractivity contribution in [2.45, 2.75) is 13.5 Å². The maximum atomic E-state index is 12.8. The van der Waals surface area contributed by atoms with Crippen molar-refractivity contribution in [3.05, 3.63) is 87.1 Å². The van der Waals surface area contributed by atoms with Crippen molar-refractivity contribution in [2.24, 2.45) is 0 Å². The molecule has 0 aliphatic carbocycles. The number of aryl methyl sites for hydroxylation is 1. The molecule has 2 aromatic carbocycles. The summed E-state index contributed by atoms with van der Waals surface area (Å²) in [4.78, 5) is 27.9. The summed E-state index contributed by atoms with van der Waals surface area (Å²) in [5.74, 6) is 0.733. The van der Waals surface area contributed by atoms with Crippen molar-refractivity contribution in [3.63, 3.8) is 0 Å². The normalized spacial score (nSPS) is 10.9. The molecular formula is C20H17N5O4. The first-order chi connectivity index (χ1) is 14.0. The number of nitro groups is 1. The topological polar surface area (TPSA) is 105 Å². The van der Waals surface area contributed by atoms with Crippen LogP contribution in [0.4, 0.5) is 5.69 Å². The van der Waals surface area contributed by atoms with Crippen LogP contribution in [0, 0.1) is 17.0 Å². The average Bonchev–Trinajstić information content (AvgIpc) is 3.14. The van der Waals surface area contributed by atoms with Gasteiger partial charge in [0.25, 0.3) is 11.2 Å². The van der Waals surface area contributed by atoms with Crippen molar-refractivity contribution in [2.75, 3.05) is 6.61 Å². The summed E-state index contributed by atoms with van der Waals surface area (Å²) in [6.45, 7) is 2.59. The second-order valence-corrected chi connectivity index (χ2v) is 6.45. The van der Waals surface area contributed by atoms with Gasteiger partial charge in [0.15, 0.2) is 5.65 Å². The van der Waals surface area contributed by atoms with Crippen LogP contribution in [0.1, 0.15) is 5.56 Å². The second kappa shape index (κ2) is 7.55. The molecule has 0 aliphatic heterocycles. The zero-order valence-corrected chi connectivity index (χ0v) is 15.6. The van der Waals surface area contributed by atoms with E-state index in [1.54, 1.807) is 18.2 Å². The third-order valence-electron chi connectivity index (χ3n) is 4.45. The Kier molecular flexibility index (Phi) is 4.78. The third kappa shape index (κ3) is 3.57. The maximum Gasteiger partial charge on any atom is 0.294 e. The lowest BCUT2D eigenvalue weighted by Crippen LogP contribution is -2.23. The molecule has 0 spiro atoms. The Labute approximate surface area is 165 Å². The minimum absolute atomic E-state index is 0.116. The number of rotatable bonds is 6. The Hall–Kier alpha value is -4.01. The third-order valence-corrected chi connectivity index (χ3v) is 4.45. The second-order valence-electron chi connectivity index (χ2n) is 6.45. The molecule has 0 fully saturated rings. The van der Waals surface area contributed by atoms with Crippen LogP contribution in [0.15, 0.2) is 65.8 Å². The first-order valence-electron chi connectivity index (χ1n) is 8.91. The highest BCUT2D eigenvalue weighted by atomic mass is 16.6. The van der Waals surface area contributed by atoms with Gasteiger partial charge in [-0.25, -0.2) is 9.67 Å². The first kappa shape index (κ1) is 18.4. The fourth-order valence-electron chi connectivity index (χ4n) is 3.05. The Bertz CT molecular complexity index is 1260. The van der Waals surface area contributed by atoms with E-state index >= 15 is 0 Å². The fraction of sp³-hybridized carbons (Fsp3) is 0.150. The summed E-state index contributed by atoms with van der Waals surface area (Å²) >= 11 is 0. The molecule has 0 aliphatic rings. The standard InChI is InChI=1S/C20H17N5O4/c1-14-5-4-6-15(11-14)29-10-9-23-13-21-19-16(20(23)26)12-22-24(19)17-7-2-3-8-18(17)25(27)28/h2-8,11-13H,9-10H2,1H3. The number of para-hydroxylation sites is 2. The lowest BCUT2D eigenvalue weighted by Gasteiger charge is -2.09. The van der Waals surface area contributed by atoms with Crippen LogP contribution in [0.2, 0.25) is 0 Å². The van der Waals surface area contributed by atoms with Crippen LogP contribution in [-0.2, 0) is 6.54 Å². The lowest BCUT2D eigenvalue weighted by atomic mass is 10.2. The van der Waals surface area contributed by atoms with Crippen molar-refractivity contribution >= 4 is 16.7 Å². The van der Waals surface area contributed by atoms with E-state index in [0.717, 1.165) is 11.3 Å². The van der Waals surface area contributed by atoms with Crippen molar-refractivity contribution in [3.8, 4) is 11.4 Å². The number of aromatic nitrogens is 4. The van der Waals surface area contributed by atoms with Gasteiger partial charge in [-0.2, -0.15) is 5.10 Å². The predicted molar refractivity (Wildman–Crippen MR) is 106 cm³/mol. The van der Waals surface area contributed by atoms with E-state index in [9.17, 15) is 14.9 Å². The number of ether oxygens (including phenoxy) is 1. The Morgan fingerprint density at radius 3 is 2.79 bits per heavy atom. The van der Waals surface area contributed by atoms with Gasteiger partial charge >= 0.3 is 0 Å². The average molecular weight is 391 g/mol. The molecular weight excluding hydrogens is 374 g/mol. The van der Waals surface area contributed by atoms with E-state index in [1.165, 1.54) is 27.8 Å². The Balaban J connectivity index is 1.61. The summed E-state index contributed by atoms with van der Waals surface area (Å²) in [6, 6.07) is 13.8. The molecule has 4 aromatic rings. The summed E-state index contributed by atoms with van der Waals surface area (Å²) < 4.78 is 8.43. The van der Waals surface area contributed by atoms with Crippen LogP contribution in [0.3, 0.4) is 0 Å². The van der Waals surface area contributed by atoms with Crippen molar-refractivity contribution < 1.29 is 9.66 Å². The van der Waals surface area contributed by atoms with Crippen LogP contribution in [-0.4, -0.2) is 30.9 Å².